The van der Waals surface area contributed by atoms with Gasteiger partial charge in [-0.1, -0.05) is 71.8 Å². The minimum atomic E-state index is -0.928. The third-order valence-corrected chi connectivity index (χ3v) is 5.69. The molecule has 0 saturated heterocycles. The van der Waals surface area contributed by atoms with Crippen LogP contribution in [-0.2, 0) is 6.42 Å². The van der Waals surface area contributed by atoms with Crippen LogP contribution >= 0.6 is 15.9 Å². The lowest BCUT2D eigenvalue weighted by molar-refractivity contribution is 0.233. The molecule has 0 bridgehead atoms. The molecule has 0 spiro atoms. The first-order valence-electron chi connectivity index (χ1n) is 8.43. The van der Waals surface area contributed by atoms with Crippen LogP contribution in [0.4, 0.5) is 0 Å². The van der Waals surface area contributed by atoms with E-state index in [-0.39, 0.29) is 0 Å². The van der Waals surface area contributed by atoms with E-state index in [0.717, 1.165) is 29.3 Å². The Labute approximate surface area is 151 Å². The summed E-state index contributed by atoms with van der Waals surface area (Å²) >= 11 is 3.50. The first-order chi connectivity index (χ1) is 10.9. The molecule has 1 unspecified atom stereocenters. The first kappa shape index (κ1) is 20.2. The highest BCUT2D eigenvalue weighted by Gasteiger charge is 2.09. The van der Waals surface area contributed by atoms with Crippen LogP contribution in [0.3, 0.4) is 0 Å². The fourth-order valence-corrected chi connectivity index (χ4v) is 3.46. The van der Waals surface area contributed by atoms with Crippen LogP contribution in [-0.4, -0.2) is 19.3 Å². The minimum absolute atomic E-state index is 0.577. The molecule has 0 aliphatic rings. The Balaban J connectivity index is 2.17. The number of aliphatic hydroxyl groups is 1. The van der Waals surface area contributed by atoms with Gasteiger partial charge in [-0.3, -0.25) is 0 Å². The SMILES string of the molecule is C[Si](C)(C)C/C=C\CCCCC#CC(O)Cc1ccccc1Br. The molecule has 1 nitrogen and oxygen atoms in total. The van der Waals surface area contributed by atoms with Gasteiger partial charge in [-0.25, -0.2) is 0 Å². The van der Waals surface area contributed by atoms with Gasteiger partial charge in [0.25, 0.3) is 0 Å². The highest BCUT2D eigenvalue weighted by molar-refractivity contribution is 9.10. The van der Waals surface area contributed by atoms with Gasteiger partial charge in [0, 0.05) is 25.4 Å². The van der Waals surface area contributed by atoms with Crippen molar-refractivity contribution in [2.75, 3.05) is 0 Å². The Kier molecular flexibility index (Phi) is 9.55. The van der Waals surface area contributed by atoms with Gasteiger partial charge in [-0.15, -0.1) is 5.92 Å². The molecule has 3 heteroatoms. The maximum atomic E-state index is 9.97. The molecule has 0 aromatic heterocycles. The summed E-state index contributed by atoms with van der Waals surface area (Å²) in [5.41, 5.74) is 1.10. The number of aliphatic hydroxyl groups excluding tert-OH is 1. The first-order valence-corrected chi connectivity index (χ1v) is 12.9. The highest BCUT2D eigenvalue weighted by Crippen LogP contribution is 2.17. The topological polar surface area (TPSA) is 20.2 Å². The van der Waals surface area contributed by atoms with Gasteiger partial charge in [-0.05, 0) is 36.9 Å². The average molecular weight is 393 g/mol. The largest absolute Gasteiger partial charge is 0.380 e. The van der Waals surface area contributed by atoms with Gasteiger partial charge in [0.1, 0.15) is 6.10 Å². The molecule has 1 aromatic carbocycles. The fraction of sp³-hybridized carbons (Fsp3) is 0.500. The van der Waals surface area contributed by atoms with Crippen molar-refractivity contribution in [3.8, 4) is 11.8 Å². The number of allylic oxidation sites excluding steroid dienone is 2. The quantitative estimate of drug-likeness (QED) is 0.256. The zero-order chi connectivity index (χ0) is 17.1. The monoisotopic (exact) mass is 392 g/mol. The molecule has 0 saturated carbocycles. The van der Waals surface area contributed by atoms with E-state index >= 15 is 0 Å². The molecule has 1 aromatic rings. The predicted molar refractivity (Wildman–Crippen MR) is 107 cm³/mol. The summed E-state index contributed by atoms with van der Waals surface area (Å²) in [6.07, 6.45) is 8.95. The van der Waals surface area contributed by atoms with Gasteiger partial charge in [-0.2, -0.15) is 0 Å². The second kappa shape index (κ2) is 10.9. The van der Waals surface area contributed by atoms with Gasteiger partial charge in [0.15, 0.2) is 0 Å². The van der Waals surface area contributed by atoms with E-state index in [1.165, 1.54) is 12.5 Å². The number of benzene rings is 1. The predicted octanol–water partition coefficient (Wildman–Crippen LogP) is 5.81. The lowest BCUT2D eigenvalue weighted by atomic mass is 10.1. The van der Waals surface area contributed by atoms with E-state index < -0.39 is 14.2 Å². The standard InChI is InChI=1S/C20H29BrOSi/c1-23(2,3)16-12-8-6-4-5-7-9-14-19(22)17-18-13-10-11-15-20(18)21/h8,10-13,15,19,22H,4-7,16-17H2,1-3H3/b12-8-. The van der Waals surface area contributed by atoms with Crippen molar-refractivity contribution in [2.45, 2.75) is 63.9 Å². The van der Waals surface area contributed by atoms with Crippen molar-refractivity contribution in [2.24, 2.45) is 0 Å². The molecular weight excluding hydrogens is 364 g/mol. The maximum Gasteiger partial charge on any atom is 0.118 e. The lowest BCUT2D eigenvalue weighted by Gasteiger charge is -2.11. The Hall–Kier alpha value is -0.823. The van der Waals surface area contributed by atoms with Crippen molar-refractivity contribution in [3.05, 3.63) is 46.5 Å². The van der Waals surface area contributed by atoms with Crippen LogP contribution in [0.25, 0.3) is 0 Å². The van der Waals surface area contributed by atoms with Crippen LogP contribution in [0.2, 0.25) is 25.7 Å². The van der Waals surface area contributed by atoms with Gasteiger partial charge in [0.05, 0.1) is 0 Å². The maximum absolute atomic E-state index is 9.97. The third-order valence-electron chi connectivity index (χ3n) is 3.46. The molecular formula is C20H29BrOSi. The van der Waals surface area contributed by atoms with Crippen molar-refractivity contribution in [3.63, 3.8) is 0 Å². The van der Waals surface area contributed by atoms with Crippen molar-refractivity contribution in [1.82, 2.24) is 0 Å². The molecule has 1 rings (SSSR count). The van der Waals surface area contributed by atoms with Gasteiger partial charge < -0.3 is 5.11 Å². The number of hydrogen-bond donors (Lipinski definition) is 1. The van der Waals surface area contributed by atoms with Gasteiger partial charge >= 0.3 is 0 Å². The second-order valence-electron chi connectivity index (χ2n) is 7.11. The van der Waals surface area contributed by atoms with Crippen molar-refractivity contribution >= 4 is 24.0 Å². The normalized spacial score (nSPS) is 12.9. The van der Waals surface area contributed by atoms with Crippen LogP contribution in [0, 0.1) is 11.8 Å². The van der Waals surface area contributed by atoms with E-state index in [2.05, 4.69) is 59.6 Å². The summed E-state index contributed by atoms with van der Waals surface area (Å²) in [5, 5.41) is 9.97. The van der Waals surface area contributed by atoms with E-state index in [4.69, 9.17) is 0 Å². The summed E-state index contributed by atoms with van der Waals surface area (Å²) in [5.74, 6) is 6.06. The minimum Gasteiger partial charge on any atom is -0.380 e. The number of rotatable bonds is 8. The Bertz CT molecular complexity index is 549. The molecule has 0 aliphatic heterocycles. The van der Waals surface area contributed by atoms with Crippen LogP contribution in [0.5, 0.6) is 0 Å². The smallest absolute Gasteiger partial charge is 0.118 e. The number of unbranched alkanes of at least 4 members (excludes halogenated alkanes) is 3. The second-order valence-corrected chi connectivity index (χ2v) is 13.5. The highest BCUT2D eigenvalue weighted by atomic mass is 79.9. The van der Waals surface area contributed by atoms with Gasteiger partial charge in [0.2, 0.25) is 0 Å². The van der Waals surface area contributed by atoms with Crippen LogP contribution in [0.15, 0.2) is 40.9 Å². The van der Waals surface area contributed by atoms with Crippen molar-refractivity contribution < 1.29 is 5.11 Å². The summed E-state index contributed by atoms with van der Waals surface area (Å²) in [7, 11) is -0.928. The van der Waals surface area contributed by atoms with E-state index in [9.17, 15) is 5.11 Å². The van der Waals surface area contributed by atoms with E-state index in [1.807, 2.05) is 24.3 Å². The Morgan fingerprint density at radius 2 is 1.91 bits per heavy atom. The zero-order valence-electron chi connectivity index (χ0n) is 14.6. The molecule has 1 N–H and O–H groups in total. The Morgan fingerprint density at radius 1 is 1.17 bits per heavy atom. The zero-order valence-corrected chi connectivity index (χ0v) is 17.2. The van der Waals surface area contributed by atoms with E-state index in [0.29, 0.717) is 6.42 Å². The summed E-state index contributed by atoms with van der Waals surface area (Å²) < 4.78 is 1.03. The molecule has 0 heterocycles. The number of hydrogen-bond acceptors (Lipinski definition) is 1. The average Bonchev–Trinajstić information content (AvgIpc) is 2.47. The van der Waals surface area contributed by atoms with E-state index in [1.54, 1.807) is 0 Å². The lowest BCUT2D eigenvalue weighted by Crippen LogP contribution is -2.17. The summed E-state index contributed by atoms with van der Waals surface area (Å²) in [6, 6.07) is 9.24. The molecule has 0 amide bonds. The number of halogens is 1. The molecule has 126 valence electrons. The Morgan fingerprint density at radius 3 is 2.61 bits per heavy atom. The van der Waals surface area contributed by atoms with Crippen molar-refractivity contribution in [1.29, 1.82) is 0 Å². The summed E-state index contributed by atoms with van der Waals surface area (Å²) in [4.78, 5) is 0. The fourth-order valence-electron chi connectivity index (χ4n) is 2.14. The summed E-state index contributed by atoms with van der Waals surface area (Å²) in [6.45, 7) is 7.19. The molecule has 1 atom stereocenters. The molecule has 0 radical (unpaired) electrons. The van der Waals surface area contributed by atoms with Crippen LogP contribution < -0.4 is 0 Å². The molecule has 23 heavy (non-hydrogen) atoms. The third kappa shape index (κ3) is 10.5. The van der Waals surface area contributed by atoms with Crippen LogP contribution in [0.1, 0.15) is 31.2 Å². The molecule has 0 aliphatic carbocycles. The molecule has 0 fully saturated rings.